The highest BCUT2D eigenvalue weighted by Crippen LogP contribution is 2.49. The lowest BCUT2D eigenvalue weighted by Crippen LogP contribution is -2.28. The number of hydrogen-bond donors (Lipinski definition) is 1. The van der Waals surface area contributed by atoms with E-state index in [4.69, 9.17) is 9.52 Å². The lowest BCUT2D eigenvalue weighted by Gasteiger charge is -2.16. The molecule has 132 valence electrons. The van der Waals surface area contributed by atoms with Crippen molar-refractivity contribution in [3.05, 3.63) is 58.5 Å². The van der Waals surface area contributed by atoms with Crippen LogP contribution in [0, 0.1) is 24.5 Å². The van der Waals surface area contributed by atoms with Crippen molar-refractivity contribution in [3.8, 4) is 0 Å². The lowest BCUT2D eigenvalue weighted by molar-refractivity contribution is -0.132. The highest BCUT2D eigenvalue weighted by Gasteiger charge is 2.46. The molecule has 7 heteroatoms. The number of halogens is 2. The summed E-state index contributed by atoms with van der Waals surface area (Å²) in [5, 5.41) is 9.02. The van der Waals surface area contributed by atoms with E-state index in [2.05, 4.69) is 0 Å². The number of carbonyl (C=O) groups excluding carboxylic acids is 1. The molecule has 1 N–H and O–H groups in total. The van der Waals surface area contributed by atoms with E-state index < -0.39 is 23.5 Å². The van der Waals surface area contributed by atoms with Gasteiger partial charge in [0.1, 0.15) is 17.1 Å². The summed E-state index contributed by atoms with van der Waals surface area (Å²) in [4.78, 5) is 24.9. The van der Waals surface area contributed by atoms with Gasteiger partial charge in [0.15, 0.2) is 11.6 Å². The molecule has 1 heterocycles. The molecule has 0 unspecified atom stereocenters. The standard InChI is InChI=1S/C18H17F2NO4/c1-9-12(18(23)24)6-10(25-9)8-21(2)17(22)14-7-13(14)11-4-3-5-15(19)16(11)20/h3-6,13-14H,7-8H2,1-2H3,(H,23,24)/t13-,14+/m0/s1. The van der Waals surface area contributed by atoms with Crippen LogP contribution in [-0.4, -0.2) is 28.9 Å². The van der Waals surface area contributed by atoms with Crippen LogP contribution in [0.25, 0.3) is 0 Å². The van der Waals surface area contributed by atoms with Crippen molar-refractivity contribution in [2.24, 2.45) is 5.92 Å². The van der Waals surface area contributed by atoms with Crippen molar-refractivity contribution >= 4 is 11.9 Å². The van der Waals surface area contributed by atoms with Crippen LogP contribution in [0.5, 0.6) is 0 Å². The Hall–Kier alpha value is -2.70. The van der Waals surface area contributed by atoms with E-state index in [-0.39, 0.29) is 35.3 Å². The highest BCUT2D eigenvalue weighted by molar-refractivity contribution is 5.89. The fraction of sp³-hybridized carbons (Fsp3) is 0.333. The molecule has 0 saturated heterocycles. The Morgan fingerprint density at radius 2 is 2.08 bits per heavy atom. The number of carbonyl (C=O) groups is 2. The molecule has 1 aliphatic carbocycles. The highest BCUT2D eigenvalue weighted by atomic mass is 19.2. The molecular formula is C18H17F2NO4. The maximum absolute atomic E-state index is 13.8. The third kappa shape index (κ3) is 3.26. The Morgan fingerprint density at radius 1 is 1.36 bits per heavy atom. The molecule has 3 rings (SSSR count). The second-order valence-electron chi connectivity index (χ2n) is 6.27. The second kappa shape index (κ2) is 6.31. The average Bonchev–Trinajstić information content (AvgIpc) is 3.25. The van der Waals surface area contributed by atoms with E-state index >= 15 is 0 Å². The van der Waals surface area contributed by atoms with Gasteiger partial charge in [-0.3, -0.25) is 4.79 Å². The van der Waals surface area contributed by atoms with Gasteiger partial charge in [-0.25, -0.2) is 13.6 Å². The quantitative estimate of drug-likeness (QED) is 0.899. The lowest BCUT2D eigenvalue weighted by atomic mass is 10.1. The van der Waals surface area contributed by atoms with Crippen molar-refractivity contribution in [1.82, 2.24) is 4.90 Å². The van der Waals surface area contributed by atoms with Gasteiger partial charge >= 0.3 is 5.97 Å². The number of furan rings is 1. The number of rotatable bonds is 5. The fourth-order valence-corrected chi connectivity index (χ4v) is 3.05. The van der Waals surface area contributed by atoms with Crippen LogP contribution >= 0.6 is 0 Å². The maximum atomic E-state index is 13.8. The predicted octanol–water partition coefficient (Wildman–Crippen LogP) is 3.33. The van der Waals surface area contributed by atoms with Gasteiger partial charge in [-0.15, -0.1) is 0 Å². The van der Waals surface area contributed by atoms with Gasteiger partial charge in [-0.05, 0) is 37.0 Å². The molecular weight excluding hydrogens is 332 g/mol. The van der Waals surface area contributed by atoms with Gasteiger partial charge in [0.05, 0.1) is 6.54 Å². The molecule has 0 bridgehead atoms. The van der Waals surface area contributed by atoms with E-state index in [1.807, 2.05) is 0 Å². The second-order valence-corrected chi connectivity index (χ2v) is 6.27. The summed E-state index contributed by atoms with van der Waals surface area (Å²) in [7, 11) is 1.57. The molecule has 5 nitrogen and oxygen atoms in total. The molecule has 1 aliphatic rings. The topological polar surface area (TPSA) is 70.8 Å². The van der Waals surface area contributed by atoms with Crippen LogP contribution in [0.3, 0.4) is 0 Å². The van der Waals surface area contributed by atoms with E-state index in [1.165, 1.54) is 23.1 Å². The number of carboxylic acids is 1. The smallest absolute Gasteiger partial charge is 0.339 e. The van der Waals surface area contributed by atoms with Crippen LogP contribution in [-0.2, 0) is 11.3 Å². The zero-order valence-electron chi connectivity index (χ0n) is 13.8. The third-order valence-electron chi connectivity index (χ3n) is 4.46. The van der Waals surface area contributed by atoms with Crippen molar-refractivity contribution in [2.75, 3.05) is 7.05 Å². The van der Waals surface area contributed by atoms with E-state index in [0.29, 0.717) is 12.2 Å². The van der Waals surface area contributed by atoms with Gasteiger partial charge in [-0.1, -0.05) is 12.1 Å². The van der Waals surface area contributed by atoms with Crippen LogP contribution in [0.4, 0.5) is 8.78 Å². The molecule has 1 amide bonds. The minimum atomic E-state index is -1.09. The normalized spacial score (nSPS) is 18.9. The molecule has 2 atom stereocenters. The minimum absolute atomic E-state index is 0.0574. The number of aromatic carboxylic acids is 1. The van der Waals surface area contributed by atoms with Crippen molar-refractivity contribution < 1.29 is 27.9 Å². The molecule has 25 heavy (non-hydrogen) atoms. The van der Waals surface area contributed by atoms with Crippen LogP contribution in [0.15, 0.2) is 28.7 Å². The SMILES string of the molecule is Cc1oc(CN(C)C(=O)[C@@H]2C[C@H]2c2cccc(F)c2F)cc1C(=O)O. The van der Waals surface area contributed by atoms with E-state index in [1.54, 1.807) is 14.0 Å². The van der Waals surface area contributed by atoms with Gasteiger partial charge in [-0.2, -0.15) is 0 Å². The number of hydrogen-bond acceptors (Lipinski definition) is 3. The maximum Gasteiger partial charge on any atom is 0.339 e. The number of carboxylic acid groups (broad SMARTS) is 1. The Labute approximate surface area is 142 Å². The summed E-state index contributed by atoms with van der Waals surface area (Å²) in [5.74, 6) is -3.23. The zero-order chi connectivity index (χ0) is 18.3. The molecule has 2 aromatic rings. The zero-order valence-corrected chi connectivity index (χ0v) is 13.8. The molecule has 0 aliphatic heterocycles. The third-order valence-corrected chi connectivity index (χ3v) is 4.46. The summed E-state index contributed by atoms with van der Waals surface area (Å²) >= 11 is 0. The van der Waals surface area contributed by atoms with Gasteiger partial charge in [0.25, 0.3) is 0 Å². The number of aryl methyl sites for hydroxylation is 1. The number of nitrogens with zero attached hydrogens (tertiary/aromatic N) is 1. The molecule has 1 aromatic carbocycles. The average molecular weight is 349 g/mol. The largest absolute Gasteiger partial charge is 0.478 e. The Morgan fingerprint density at radius 3 is 2.72 bits per heavy atom. The summed E-state index contributed by atoms with van der Waals surface area (Å²) in [6, 6.07) is 5.35. The Bertz CT molecular complexity index is 846. The molecule has 0 radical (unpaired) electrons. The number of amides is 1. The fourth-order valence-electron chi connectivity index (χ4n) is 3.05. The molecule has 1 fully saturated rings. The van der Waals surface area contributed by atoms with Crippen LogP contribution < -0.4 is 0 Å². The van der Waals surface area contributed by atoms with Crippen LogP contribution in [0.2, 0.25) is 0 Å². The van der Waals surface area contributed by atoms with Gasteiger partial charge < -0.3 is 14.4 Å². The minimum Gasteiger partial charge on any atom is -0.478 e. The summed E-state index contributed by atoms with van der Waals surface area (Å²) in [6.45, 7) is 1.65. The van der Waals surface area contributed by atoms with E-state index in [0.717, 1.165) is 6.07 Å². The number of benzene rings is 1. The monoisotopic (exact) mass is 349 g/mol. The first-order valence-electron chi connectivity index (χ1n) is 7.81. The van der Waals surface area contributed by atoms with Crippen molar-refractivity contribution in [2.45, 2.75) is 25.8 Å². The first-order valence-corrected chi connectivity index (χ1v) is 7.81. The summed E-state index contributed by atoms with van der Waals surface area (Å²) in [6.07, 6.45) is 0.459. The first kappa shape index (κ1) is 17.1. The predicted molar refractivity (Wildman–Crippen MR) is 84.1 cm³/mol. The molecule has 1 aromatic heterocycles. The van der Waals surface area contributed by atoms with E-state index in [9.17, 15) is 18.4 Å². The molecule has 0 spiro atoms. The molecule has 1 saturated carbocycles. The van der Waals surface area contributed by atoms with Crippen molar-refractivity contribution in [3.63, 3.8) is 0 Å². The van der Waals surface area contributed by atoms with Gasteiger partial charge in [0, 0.05) is 13.0 Å². The Kier molecular flexibility index (Phi) is 4.32. The van der Waals surface area contributed by atoms with Gasteiger partial charge in [0.2, 0.25) is 5.91 Å². The summed E-state index contributed by atoms with van der Waals surface area (Å²) in [5.41, 5.74) is 0.274. The summed E-state index contributed by atoms with van der Waals surface area (Å²) < 4.78 is 32.5. The first-order chi connectivity index (χ1) is 11.8. The van der Waals surface area contributed by atoms with Crippen LogP contribution in [0.1, 0.15) is 39.8 Å². The van der Waals surface area contributed by atoms with Crippen molar-refractivity contribution in [1.29, 1.82) is 0 Å². The Balaban J connectivity index is 1.67.